The lowest BCUT2D eigenvalue weighted by atomic mass is 10.00. The Kier molecular flexibility index (Phi) is 6.06. The minimum Gasteiger partial charge on any atom is -0.460 e. The number of nitrogens with one attached hydrogen (secondary N) is 1. The first kappa shape index (κ1) is 20.2. The first-order valence-electron chi connectivity index (χ1n) is 9.21. The van der Waals surface area contributed by atoms with E-state index >= 15 is 0 Å². The van der Waals surface area contributed by atoms with Crippen LogP contribution in [0, 0.1) is 0 Å². The van der Waals surface area contributed by atoms with Crippen molar-refractivity contribution in [2.24, 2.45) is 0 Å². The van der Waals surface area contributed by atoms with E-state index in [2.05, 4.69) is 17.2 Å². The topological polar surface area (TPSA) is 60.5 Å². The number of anilines is 1. The Morgan fingerprint density at radius 1 is 1.31 bits per heavy atom. The van der Waals surface area contributed by atoms with Crippen molar-refractivity contribution in [3.8, 4) is 5.75 Å². The van der Waals surface area contributed by atoms with Crippen molar-refractivity contribution in [3.05, 3.63) is 63.8 Å². The van der Waals surface area contributed by atoms with Gasteiger partial charge in [0, 0.05) is 11.2 Å². The molecule has 0 spiro atoms. The molecular weight excluding hydrogens is 431 g/mol. The Morgan fingerprint density at radius 3 is 2.97 bits per heavy atom. The monoisotopic (exact) mass is 448 g/mol. The zero-order chi connectivity index (χ0) is 20.4. The zero-order valence-electron chi connectivity index (χ0n) is 15.6. The molecule has 1 atom stereocenters. The number of hydrogen-bond donors (Lipinski definition) is 1. The van der Waals surface area contributed by atoms with Crippen LogP contribution >= 0.6 is 34.5 Å². The Bertz CT molecular complexity index is 1100. The van der Waals surface area contributed by atoms with E-state index in [0.717, 1.165) is 23.1 Å². The molecule has 0 bridgehead atoms. The number of Topliss-reactive ketones (excluding diaryl/α,β-unsaturated/α-hetero) is 1. The number of para-hydroxylation sites is 1. The van der Waals surface area contributed by atoms with Crippen LogP contribution in [-0.2, 0) is 4.74 Å². The molecule has 1 aliphatic rings. The molecule has 1 aliphatic heterocycles. The second kappa shape index (κ2) is 8.71. The first-order valence-corrected chi connectivity index (χ1v) is 10.8. The number of carbonyl (C=O) groups is 1. The van der Waals surface area contributed by atoms with Crippen molar-refractivity contribution in [1.82, 2.24) is 4.98 Å². The molecule has 8 heteroatoms. The molecule has 0 radical (unpaired) electrons. The number of nitrogens with zero attached hydrogens (tertiary/aromatic N) is 1. The van der Waals surface area contributed by atoms with E-state index in [4.69, 9.17) is 32.7 Å². The Hall–Kier alpha value is -2.12. The standard InChI is InChI=1S/C21H18Cl2N2O3S/c1-2-3-9-27-20-14(19(26)13-10-12(22)7-8-16(13)28-20)11-24-21-25-18-15(23)5-4-6-17(18)29-21/h4-8,10-11,20H,2-3,9H2,1H3,(H,24,25)/b14-11-/t20-/m0/s1. The highest BCUT2D eigenvalue weighted by atomic mass is 35.5. The molecule has 150 valence electrons. The van der Waals surface area contributed by atoms with E-state index in [9.17, 15) is 4.79 Å². The number of carbonyl (C=O) groups excluding carboxylic acids is 1. The fraction of sp³-hybridized carbons (Fsp3) is 0.238. The third-order valence-electron chi connectivity index (χ3n) is 4.42. The molecule has 3 aromatic rings. The summed E-state index contributed by atoms with van der Waals surface area (Å²) in [6, 6.07) is 10.6. The minimum atomic E-state index is -0.798. The van der Waals surface area contributed by atoms with Gasteiger partial charge in [-0.25, -0.2) is 4.98 Å². The zero-order valence-corrected chi connectivity index (χ0v) is 17.9. The van der Waals surface area contributed by atoms with Crippen LogP contribution in [0.1, 0.15) is 30.1 Å². The minimum absolute atomic E-state index is 0.193. The van der Waals surface area contributed by atoms with E-state index in [0.29, 0.717) is 38.7 Å². The van der Waals surface area contributed by atoms with Crippen molar-refractivity contribution < 1.29 is 14.3 Å². The molecule has 2 heterocycles. The highest BCUT2D eigenvalue weighted by molar-refractivity contribution is 7.22. The molecule has 1 aromatic heterocycles. The number of halogens is 2. The maximum absolute atomic E-state index is 13.1. The van der Waals surface area contributed by atoms with Crippen LogP contribution in [0.25, 0.3) is 10.2 Å². The molecule has 0 aliphatic carbocycles. The smallest absolute Gasteiger partial charge is 0.232 e. The molecular formula is C21H18Cl2N2O3S. The number of unbranched alkanes of at least 4 members (excludes halogenated alkanes) is 1. The van der Waals surface area contributed by atoms with Crippen LogP contribution in [-0.4, -0.2) is 23.7 Å². The fourth-order valence-electron chi connectivity index (χ4n) is 2.93. The molecule has 4 rings (SSSR count). The highest BCUT2D eigenvalue weighted by Crippen LogP contribution is 2.34. The normalized spacial score (nSPS) is 17.4. The molecule has 0 fully saturated rings. The number of ether oxygens (including phenoxy) is 2. The van der Waals surface area contributed by atoms with Crippen LogP contribution in [0.15, 0.2) is 48.2 Å². The lowest BCUT2D eigenvalue weighted by Gasteiger charge is -2.27. The first-order chi connectivity index (χ1) is 14.1. The number of hydrogen-bond acceptors (Lipinski definition) is 6. The number of benzene rings is 2. The summed E-state index contributed by atoms with van der Waals surface area (Å²) in [6.07, 6.45) is 2.65. The van der Waals surface area contributed by atoms with E-state index in [-0.39, 0.29) is 5.78 Å². The molecule has 0 saturated heterocycles. The van der Waals surface area contributed by atoms with Gasteiger partial charge in [0.15, 0.2) is 5.13 Å². The number of aromatic nitrogens is 1. The van der Waals surface area contributed by atoms with Crippen LogP contribution in [0.5, 0.6) is 5.75 Å². The second-order valence-electron chi connectivity index (χ2n) is 6.49. The van der Waals surface area contributed by atoms with E-state index in [1.165, 1.54) is 11.3 Å². The number of ketones is 1. The molecule has 29 heavy (non-hydrogen) atoms. The van der Waals surface area contributed by atoms with Crippen LogP contribution < -0.4 is 10.1 Å². The summed E-state index contributed by atoms with van der Waals surface area (Å²) in [4.78, 5) is 17.6. The van der Waals surface area contributed by atoms with Gasteiger partial charge in [-0.3, -0.25) is 4.79 Å². The number of fused-ring (bicyclic) bond motifs is 2. The van der Waals surface area contributed by atoms with Gasteiger partial charge in [0.05, 0.1) is 27.5 Å². The molecule has 0 amide bonds. The average Bonchev–Trinajstić information content (AvgIpc) is 3.13. The molecule has 2 aromatic carbocycles. The fourth-order valence-corrected chi connectivity index (χ4v) is 4.24. The van der Waals surface area contributed by atoms with Gasteiger partial charge in [-0.15, -0.1) is 0 Å². The van der Waals surface area contributed by atoms with Crippen molar-refractivity contribution in [3.63, 3.8) is 0 Å². The predicted molar refractivity (Wildman–Crippen MR) is 117 cm³/mol. The molecule has 0 unspecified atom stereocenters. The number of thiazole rings is 1. The van der Waals surface area contributed by atoms with Gasteiger partial charge < -0.3 is 14.8 Å². The SMILES string of the molecule is CCCCO[C@H]1Oc2ccc(Cl)cc2C(=O)/C1=C/Nc1nc2c(Cl)cccc2s1. The van der Waals surface area contributed by atoms with E-state index < -0.39 is 6.29 Å². The molecule has 1 N–H and O–H groups in total. The predicted octanol–water partition coefficient (Wildman–Crippen LogP) is 6.32. The van der Waals surface area contributed by atoms with Gasteiger partial charge in [-0.1, -0.05) is 53.9 Å². The van der Waals surface area contributed by atoms with Crippen molar-refractivity contribution in [1.29, 1.82) is 0 Å². The van der Waals surface area contributed by atoms with Gasteiger partial charge in [-0.2, -0.15) is 0 Å². The summed E-state index contributed by atoms with van der Waals surface area (Å²) < 4.78 is 12.7. The molecule has 5 nitrogen and oxygen atoms in total. The Balaban J connectivity index is 1.64. The third kappa shape index (κ3) is 4.26. The summed E-state index contributed by atoms with van der Waals surface area (Å²) in [5, 5.41) is 4.78. The Labute approximate surface area is 182 Å². The Morgan fingerprint density at radius 2 is 2.17 bits per heavy atom. The van der Waals surface area contributed by atoms with Crippen molar-refractivity contribution >= 4 is 55.7 Å². The quantitative estimate of drug-likeness (QED) is 0.353. The maximum Gasteiger partial charge on any atom is 0.232 e. The van der Waals surface area contributed by atoms with Gasteiger partial charge in [0.2, 0.25) is 12.1 Å². The van der Waals surface area contributed by atoms with E-state index in [1.807, 2.05) is 12.1 Å². The summed E-state index contributed by atoms with van der Waals surface area (Å²) >= 11 is 13.7. The van der Waals surface area contributed by atoms with Gasteiger partial charge in [-0.05, 0) is 36.8 Å². The lowest BCUT2D eigenvalue weighted by Crippen LogP contribution is -2.33. The van der Waals surface area contributed by atoms with Crippen LogP contribution in [0.2, 0.25) is 10.0 Å². The molecule has 0 saturated carbocycles. The second-order valence-corrected chi connectivity index (χ2v) is 8.37. The number of rotatable bonds is 6. The third-order valence-corrected chi connectivity index (χ3v) is 5.92. The van der Waals surface area contributed by atoms with Crippen LogP contribution in [0.4, 0.5) is 5.13 Å². The summed E-state index contributed by atoms with van der Waals surface area (Å²) in [5.74, 6) is 0.270. The van der Waals surface area contributed by atoms with Crippen molar-refractivity contribution in [2.75, 3.05) is 11.9 Å². The lowest BCUT2D eigenvalue weighted by molar-refractivity contribution is -0.0570. The van der Waals surface area contributed by atoms with E-state index in [1.54, 1.807) is 30.5 Å². The highest BCUT2D eigenvalue weighted by Gasteiger charge is 2.33. The summed E-state index contributed by atoms with van der Waals surface area (Å²) in [5.41, 5.74) is 1.49. The van der Waals surface area contributed by atoms with Gasteiger partial charge >= 0.3 is 0 Å². The summed E-state index contributed by atoms with van der Waals surface area (Å²) in [7, 11) is 0. The van der Waals surface area contributed by atoms with Gasteiger partial charge in [0.1, 0.15) is 11.3 Å². The maximum atomic E-state index is 13.1. The summed E-state index contributed by atoms with van der Waals surface area (Å²) in [6.45, 7) is 2.57. The average molecular weight is 449 g/mol. The van der Waals surface area contributed by atoms with Gasteiger partial charge in [0.25, 0.3) is 0 Å². The van der Waals surface area contributed by atoms with Crippen LogP contribution in [0.3, 0.4) is 0 Å². The largest absolute Gasteiger partial charge is 0.460 e. The van der Waals surface area contributed by atoms with Crippen molar-refractivity contribution in [2.45, 2.75) is 26.1 Å².